The molecule has 0 radical (unpaired) electrons. The molecule has 19 heavy (non-hydrogen) atoms. The number of nitrogens with zero attached hydrogens (tertiary/aromatic N) is 1. The molecule has 0 aromatic heterocycles. The topological polar surface area (TPSA) is 35.5 Å². The number of likely N-dealkylation sites (tertiary alicyclic amines) is 1. The summed E-state index contributed by atoms with van der Waals surface area (Å²) in [7, 11) is 0. The van der Waals surface area contributed by atoms with Gasteiger partial charge in [0.05, 0.1) is 6.61 Å². The van der Waals surface area contributed by atoms with E-state index in [9.17, 15) is 5.11 Å². The van der Waals surface area contributed by atoms with Gasteiger partial charge in [0.2, 0.25) is 0 Å². The fourth-order valence-electron chi connectivity index (χ4n) is 3.38. The minimum absolute atomic E-state index is 0.119. The molecule has 1 aliphatic heterocycles. The largest absolute Gasteiger partial charge is 0.394 e. The van der Waals surface area contributed by atoms with Crippen molar-refractivity contribution >= 4 is 0 Å². The van der Waals surface area contributed by atoms with E-state index in [4.69, 9.17) is 0 Å². The molecule has 1 heterocycles. The van der Waals surface area contributed by atoms with Gasteiger partial charge < -0.3 is 15.3 Å². The third-order valence-corrected chi connectivity index (χ3v) is 4.38. The van der Waals surface area contributed by atoms with Crippen LogP contribution < -0.4 is 5.32 Å². The van der Waals surface area contributed by atoms with Crippen LogP contribution in [0.1, 0.15) is 66.2 Å². The van der Waals surface area contributed by atoms with Crippen LogP contribution in [0.5, 0.6) is 0 Å². The zero-order valence-electron chi connectivity index (χ0n) is 13.4. The smallest absolute Gasteiger partial charge is 0.0610 e. The number of rotatable bonds is 8. The minimum atomic E-state index is -0.119. The van der Waals surface area contributed by atoms with Crippen LogP contribution in [0.2, 0.25) is 0 Å². The molecule has 0 spiro atoms. The normalized spacial score (nSPS) is 24.6. The molecule has 1 saturated heterocycles. The van der Waals surface area contributed by atoms with Crippen molar-refractivity contribution in [1.82, 2.24) is 10.2 Å². The van der Waals surface area contributed by atoms with Crippen molar-refractivity contribution in [3.63, 3.8) is 0 Å². The van der Waals surface area contributed by atoms with Crippen molar-refractivity contribution in [2.75, 3.05) is 19.7 Å². The molecular weight excluding hydrogens is 236 g/mol. The second kappa shape index (κ2) is 8.23. The van der Waals surface area contributed by atoms with Crippen LogP contribution in [0, 0.1) is 0 Å². The Morgan fingerprint density at radius 2 is 2.11 bits per heavy atom. The standard InChI is InChI=1S/C16H34N2O/c1-5-15-9-6-7-11-18(15)12-8-10-16(4,13-19)17-14(2)3/h14-15,17,19H,5-13H2,1-4H3. The highest BCUT2D eigenvalue weighted by Gasteiger charge is 2.25. The van der Waals surface area contributed by atoms with E-state index >= 15 is 0 Å². The van der Waals surface area contributed by atoms with Crippen LogP contribution in [0.25, 0.3) is 0 Å². The van der Waals surface area contributed by atoms with E-state index in [0.717, 1.165) is 12.5 Å². The van der Waals surface area contributed by atoms with Gasteiger partial charge in [0.25, 0.3) is 0 Å². The highest BCUT2D eigenvalue weighted by atomic mass is 16.3. The molecule has 0 aromatic rings. The van der Waals surface area contributed by atoms with Crippen LogP contribution >= 0.6 is 0 Å². The summed E-state index contributed by atoms with van der Waals surface area (Å²) in [6, 6.07) is 1.22. The zero-order valence-corrected chi connectivity index (χ0v) is 13.4. The predicted octanol–water partition coefficient (Wildman–Crippen LogP) is 2.78. The fraction of sp³-hybridized carbons (Fsp3) is 1.00. The van der Waals surface area contributed by atoms with Crippen LogP contribution in [-0.2, 0) is 0 Å². The Bertz CT molecular complexity index is 245. The van der Waals surface area contributed by atoms with Crippen LogP contribution in [0.4, 0.5) is 0 Å². The molecule has 3 heteroatoms. The van der Waals surface area contributed by atoms with Gasteiger partial charge in [-0.1, -0.05) is 27.2 Å². The molecule has 0 amide bonds. The van der Waals surface area contributed by atoms with E-state index in [1.54, 1.807) is 0 Å². The lowest BCUT2D eigenvalue weighted by Gasteiger charge is -2.37. The lowest BCUT2D eigenvalue weighted by Crippen LogP contribution is -2.49. The van der Waals surface area contributed by atoms with Gasteiger partial charge in [0.15, 0.2) is 0 Å². The molecule has 0 bridgehead atoms. The first-order valence-corrected chi connectivity index (χ1v) is 8.13. The average molecular weight is 270 g/mol. The Morgan fingerprint density at radius 3 is 2.68 bits per heavy atom. The first-order chi connectivity index (χ1) is 9.00. The predicted molar refractivity (Wildman–Crippen MR) is 82.5 cm³/mol. The SMILES string of the molecule is CCC1CCCCN1CCCC(C)(CO)NC(C)C. The first-order valence-electron chi connectivity index (χ1n) is 8.13. The lowest BCUT2D eigenvalue weighted by molar-refractivity contribution is 0.121. The van der Waals surface area contributed by atoms with Crippen molar-refractivity contribution < 1.29 is 5.11 Å². The Hall–Kier alpha value is -0.120. The lowest BCUT2D eigenvalue weighted by atomic mass is 9.94. The molecule has 1 aliphatic rings. The third kappa shape index (κ3) is 5.80. The molecule has 2 unspecified atom stereocenters. The Morgan fingerprint density at radius 1 is 1.37 bits per heavy atom. The van der Waals surface area contributed by atoms with Crippen LogP contribution in [0.15, 0.2) is 0 Å². The van der Waals surface area contributed by atoms with E-state index in [-0.39, 0.29) is 12.1 Å². The Balaban J connectivity index is 2.34. The van der Waals surface area contributed by atoms with Gasteiger partial charge in [0.1, 0.15) is 0 Å². The quantitative estimate of drug-likeness (QED) is 0.712. The van der Waals surface area contributed by atoms with E-state index in [1.807, 2.05) is 0 Å². The Labute approximate surface area is 119 Å². The van der Waals surface area contributed by atoms with Crippen LogP contribution in [0.3, 0.4) is 0 Å². The molecule has 3 nitrogen and oxygen atoms in total. The van der Waals surface area contributed by atoms with Crippen molar-refractivity contribution in [3.8, 4) is 0 Å². The summed E-state index contributed by atoms with van der Waals surface area (Å²) in [5.74, 6) is 0. The van der Waals surface area contributed by atoms with E-state index < -0.39 is 0 Å². The molecular formula is C16H34N2O. The van der Waals surface area contributed by atoms with Gasteiger partial charge in [0, 0.05) is 17.6 Å². The molecule has 2 atom stereocenters. The van der Waals surface area contributed by atoms with E-state index in [2.05, 4.69) is 37.9 Å². The summed E-state index contributed by atoms with van der Waals surface area (Å²) in [5.41, 5.74) is -0.119. The fourth-order valence-corrected chi connectivity index (χ4v) is 3.38. The maximum absolute atomic E-state index is 9.59. The highest BCUT2D eigenvalue weighted by molar-refractivity contribution is 4.85. The van der Waals surface area contributed by atoms with Crippen molar-refractivity contribution in [2.45, 2.75) is 83.8 Å². The highest BCUT2D eigenvalue weighted by Crippen LogP contribution is 2.21. The maximum atomic E-state index is 9.59. The monoisotopic (exact) mass is 270 g/mol. The summed E-state index contributed by atoms with van der Waals surface area (Å²) in [5, 5.41) is 13.1. The van der Waals surface area contributed by atoms with E-state index in [0.29, 0.717) is 6.04 Å². The molecule has 1 fully saturated rings. The summed E-state index contributed by atoms with van der Waals surface area (Å²) in [6.07, 6.45) is 7.64. The van der Waals surface area contributed by atoms with Gasteiger partial charge in [-0.3, -0.25) is 0 Å². The molecule has 114 valence electrons. The number of nitrogens with one attached hydrogen (secondary N) is 1. The number of hydrogen-bond acceptors (Lipinski definition) is 3. The second-order valence-electron chi connectivity index (χ2n) is 6.72. The van der Waals surface area contributed by atoms with Gasteiger partial charge in [-0.05, 0) is 52.1 Å². The average Bonchev–Trinajstić information content (AvgIpc) is 2.38. The Kier molecular flexibility index (Phi) is 7.33. The summed E-state index contributed by atoms with van der Waals surface area (Å²) in [6.45, 7) is 11.4. The van der Waals surface area contributed by atoms with Crippen molar-refractivity contribution in [3.05, 3.63) is 0 Å². The number of piperidine rings is 1. The number of aliphatic hydroxyl groups excluding tert-OH is 1. The molecule has 1 rings (SSSR count). The third-order valence-electron chi connectivity index (χ3n) is 4.38. The molecule has 0 saturated carbocycles. The number of hydrogen-bond donors (Lipinski definition) is 2. The molecule has 0 aliphatic carbocycles. The zero-order chi connectivity index (χ0) is 14.3. The van der Waals surface area contributed by atoms with Crippen molar-refractivity contribution in [1.29, 1.82) is 0 Å². The van der Waals surface area contributed by atoms with E-state index in [1.165, 1.54) is 45.2 Å². The second-order valence-corrected chi connectivity index (χ2v) is 6.72. The first kappa shape index (κ1) is 16.9. The summed E-state index contributed by atoms with van der Waals surface area (Å²) < 4.78 is 0. The van der Waals surface area contributed by atoms with Crippen molar-refractivity contribution in [2.24, 2.45) is 0 Å². The maximum Gasteiger partial charge on any atom is 0.0610 e. The summed E-state index contributed by atoms with van der Waals surface area (Å²) >= 11 is 0. The summed E-state index contributed by atoms with van der Waals surface area (Å²) in [4.78, 5) is 2.66. The van der Waals surface area contributed by atoms with Gasteiger partial charge in [-0.15, -0.1) is 0 Å². The number of aliphatic hydroxyl groups is 1. The minimum Gasteiger partial charge on any atom is -0.394 e. The van der Waals surface area contributed by atoms with Gasteiger partial charge in [-0.2, -0.15) is 0 Å². The molecule has 2 N–H and O–H groups in total. The van der Waals surface area contributed by atoms with Gasteiger partial charge >= 0.3 is 0 Å². The van der Waals surface area contributed by atoms with Gasteiger partial charge in [-0.25, -0.2) is 0 Å². The molecule has 0 aromatic carbocycles. The van der Waals surface area contributed by atoms with Crippen LogP contribution in [-0.4, -0.2) is 47.3 Å².